The van der Waals surface area contributed by atoms with Gasteiger partial charge in [-0.3, -0.25) is 9.78 Å². The summed E-state index contributed by atoms with van der Waals surface area (Å²) in [5, 5.41) is 0. The molecule has 1 aromatic carbocycles. The number of carbonyl (C=O) groups is 1. The molecule has 0 aliphatic carbocycles. The number of rotatable bonds is 3. The number of ether oxygens (including phenoxy) is 1. The lowest BCUT2D eigenvalue weighted by Gasteiger charge is -2.36. The number of primary amides is 1. The second-order valence-corrected chi connectivity index (χ2v) is 6.99. The van der Waals surface area contributed by atoms with E-state index in [1.54, 1.807) is 12.4 Å². The molecule has 1 aliphatic rings. The van der Waals surface area contributed by atoms with E-state index in [4.69, 9.17) is 15.5 Å². The van der Waals surface area contributed by atoms with Crippen molar-refractivity contribution in [2.75, 3.05) is 0 Å². The molecule has 0 unspecified atom stereocenters. The number of pyridine rings is 2. The summed E-state index contributed by atoms with van der Waals surface area (Å²) in [6.07, 6.45) is 3.46. The molecule has 130 valence electrons. The molecule has 0 radical (unpaired) electrons. The van der Waals surface area contributed by atoms with Crippen LogP contribution >= 0.6 is 0 Å². The predicted octanol–water partition coefficient (Wildman–Crippen LogP) is 3.89. The van der Waals surface area contributed by atoms with Crippen molar-refractivity contribution >= 4 is 5.91 Å². The first-order valence-electron chi connectivity index (χ1n) is 8.46. The van der Waals surface area contributed by atoms with E-state index in [0.717, 1.165) is 22.4 Å². The maximum atomic E-state index is 12.2. The van der Waals surface area contributed by atoms with Crippen LogP contribution in [0.4, 0.5) is 0 Å². The molecule has 3 aromatic rings. The minimum Gasteiger partial charge on any atom is -0.438 e. The van der Waals surface area contributed by atoms with Crippen LogP contribution in [0.25, 0.3) is 11.3 Å². The van der Waals surface area contributed by atoms with E-state index in [2.05, 4.69) is 4.98 Å². The predicted molar refractivity (Wildman–Crippen MR) is 98.8 cm³/mol. The van der Waals surface area contributed by atoms with Crippen molar-refractivity contribution in [1.82, 2.24) is 9.97 Å². The molecule has 5 nitrogen and oxygen atoms in total. The van der Waals surface area contributed by atoms with Gasteiger partial charge in [-0.1, -0.05) is 38.1 Å². The van der Waals surface area contributed by atoms with Crippen LogP contribution in [0.3, 0.4) is 0 Å². The average Bonchev–Trinajstić information content (AvgIpc) is 2.66. The van der Waals surface area contributed by atoms with Crippen LogP contribution in [0.5, 0.6) is 11.6 Å². The summed E-state index contributed by atoms with van der Waals surface area (Å²) in [5.41, 5.74) is 8.51. The van der Waals surface area contributed by atoms with E-state index in [0.29, 0.717) is 11.6 Å². The van der Waals surface area contributed by atoms with E-state index in [1.807, 2.05) is 62.4 Å². The molecule has 0 saturated carbocycles. The van der Waals surface area contributed by atoms with Gasteiger partial charge in [0, 0.05) is 35.0 Å². The van der Waals surface area contributed by atoms with Crippen molar-refractivity contribution in [3.63, 3.8) is 0 Å². The molecule has 4 rings (SSSR count). The van der Waals surface area contributed by atoms with Gasteiger partial charge in [0.2, 0.25) is 11.8 Å². The summed E-state index contributed by atoms with van der Waals surface area (Å²) >= 11 is 0. The summed E-state index contributed by atoms with van der Waals surface area (Å²) < 4.78 is 6.07. The van der Waals surface area contributed by atoms with E-state index in [1.165, 1.54) is 0 Å². The van der Waals surface area contributed by atoms with Crippen molar-refractivity contribution in [2.24, 2.45) is 11.1 Å². The van der Waals surface area contributed by atoms with E-state index >= 15 is 0 Å². The van der Waals surface area contributed by atoms with Gasteiger partial charge in [-0.25, -0.2) is 4.98 Å². The lowest BCUT2D eigenvalue weighted by molar-refractivity contribution is -0.126. The third-order valence-electron chi connectivity index (χ3n) is 4.97. The van der Waals surface area contributed by atoms with Gasteiger partial charge in [0.15, 0.2) is 0 Å². The first-order chi connectivity index (χ1) is 12.5. The van der Waals surface area contributed by atoms with Crippen LogP contribution < -0.4 is 10.5 Å². The van der Waals surface area contributed by atoms with Crippen molar-refractivity contribution in [3.05, 3.63) is 72.1 Å². The number of benzene rings is 1. The highest BCUT2D eigenvalue weighted by molar-refractivity contribution is 5.83. The fraction of sp³-hybridized carbons (Fsp3) is 0.190. The zero-order valence-electron chi connectivity index (χ0n) is 14.6. The quantitative estimate of drug-likeness (QED) is 0.781. The van der Waals surface area contributed by atoms with Gasteiger partial charge in [0.05, 0.1) is 11.1 Å². The smallest absolute Gasteiger partial charge is 0.224 e. The number of fused-ring (bicyclic) bond motifs is 2. The van der Waals surface area contributed by atoms with Crippen molar-refractivity contribution in [3.8, 4) is 22.9 Å². The van der Waals surface area contributed by atoms with Crippen LogP contribution in [0, 0.1) is 5.41 Å². The maximum Gasteiger partial charge on any atom is 0.224 e. The van der Waals surface area contributed by atoms with Gasteiger partial charge in [0.1, 0.15) is 5.75 Å². The Kier molecular flexibility index (Phi) is 3.72. The molecule has 26 heavy (non-hydrogen) atoms. The normalized spacial score (nSPS) is 15.5. The van der Waals surface area contributed by atoms with E-state index in [9.17, 15) is 4.79 Å². The minimum absolute atomic E-state index is 0.223. The van der Waals surface area contributed by atoms with Gasteiger partial charge >= 0.3 is 0 Å². The summed E-state index contributed by atoms with van der Waals surface area (Å²) in [4.78, 5) is 20.9. The van der Waals surface area contributed by atoms with E-state index < -0.39 is 5.41 Å². The maximum absolute atomic E-state index is 12.2. The molecule has 2 aromatic heterocycles. The second-order valence-electron chi connectivity index (χ2n) is 6.99. The second kappa shape index (κ2) is 5.95. The molecule has 0 saturated heterocycles. The lowest BCUT2D eigenvalue weighted by atomic mass is 9.70. The third-order valence-corrected chi connectivity index (χ3v) is 4.97. The first-order valence-corrected chi connectivity index (χ1v) is 8.46. The minimum atomic E-state index is -0.783. The van der Waals surface area contributed by atoms with Crippen LogP contribution in [0.2, 0.25) is 0 Å². The number of nitrogens with two attached hydrogens (primary N) is 1. The SMILES string of the molecule is CC(C)(C(N)=O)[C@H]1c2ccccc2Oc2nc(-c3ccncc3)ccc21. The molecule has 0 spiro atoms. The summed E-state index contributed by atoms with van der Waals surface area (Å²) in [6.45, 7) is 3.73. The highest BCUT2D eigenvalue weighted by Gasteiger charge is 2.42. The highest BCUT2D eigenvalue weighted by Crippen LogP contribution is 2.51. The van der Waals surface area contributed by atoms with Crippen molar-refractivity contribution in [2.45, 2.75) is 19.8 Å². The number of hydrogen-bond donors (Lipinski definition) is 1. The monoisotopic (exact) mass is 345 g/mol. The third kappa shape index (κ3) is 2.52. The molecule has 3 heterocycles. The number of nitrogens with zero attached hydrogens (tertiary/aromatic N) is 2. The average molecular weight is 345 g/mol. The Bertz CT molecular complexity index is 984. The molecular weight excluding hydrogens is 326 g/mol. The van der Waals surface area contributed by atoms with Gasteiger partial charge in [-0.15, -0.1) is 0 Å². The Morgan fingerprint density at radius 3 is 2.50 bits per heavy atom. The summed E-state index contributed by atoms with van der Waals surface area (Å²) in [6, 6.07) is 15.4. The summed E-state index contributed by atoms with van der Waals surface area (Å²) in [7, 11) is 0. The van der Waals surface area contributed by atoms with Gasteiger partial charge in [0.25, 0.3) is 0 Å². The van der Waals surface area contributed by atoms with E-state index in [-0.39, 0.29) is 11.8 Å². The molecule has 1 amide bonds. The molecule has 0 fully saturated rings. The van der Waals surface area contributed by atoms with Gasteiger partial charge in [-0.05, 0) is 24.3 Å². The lowest BCUT2D eigenvalue weighted by Crippen LogP contribution is -2.38. The van der Waals surface area contributed by atoms with Gasteiger partial charge in [-0.2, -0.15) is 0 Å². The Morgan fingerprint density at radius 1 is 1.04 bits per heavy atom. The largest absolute Gasteiger partial charge is 0.438 e. The van der Waals surface area contributed by atoms with Crippen LogP contribution in [0.1, 0.15) is 30.9 Å². The Balaban J connectivity index is 1.89. The van der Waals surface area contributed by atoms with Crippen molar-refractivity contribution in [1.29, 1.82) is 0 Å². The summed E-state index contributed by atoms with van der Waals surface area (Å²) in [5.74, 6) is 0.637. The molecule has 0 bridgehead atoms. The van der Waals surface area contributed by atoms with Crippen molar-refractivity contribution < 1.29 is 9.53 Å². The number of aromatic nitrogens is 2. The molecular formula is C21H19N3O2. The molecule has 1 aliphatic heterocycles. The van der Waals surface area contributed by atoms with Gasteiger partial charge < -0.3 is 10.5 Å². The van der Waals surface area contributed by atoms with Crippen LogP contribution in [-0.2, 0) is 4.79 Å². The van der Waals surface area contributed by atoms with Crippen LogP contribution in [0.15, 0.2) is 60.9 Å². The number of carbonyl (C=O) groups excluding carboxylic acids is 1. The fourth-order valence-electron chi connectivity index (χ4n) is 3.44. The number of para-hydroxylation sites is 1. The fourth-order valence-corrected chi connectivity index (χ4v) is 3.44. The molecule has 2 N–H and O–H groups in total. The number of hydrogen-bond acceptors (Lipinski definition) is 4. The zero-order valence-corrected chi connectivity index (χ0v) is 14.6. The Labute approximate surface area is 151 Å². The standard InChI is InChI=1S/C21H19N3O2/c1-21(2,20(22)25)18-14-5-3-4-6-17(14)26-19-15(18)7-8-16(24-19)13-9-11-23-12-10-13/h3-12,18H,1-2H3,(H2,22,25)/t18-/m0/s1. The van der Waals surface area contributed by atoms with Crippen LogP contribution in [-0.4, -0.2) is 15.9 Å². The number of amides is 1. The first kappa shape index (κ1) is 16.3. The Hall–Kier alpha value is -3.21. The Morgan fingerprint density at radius 2 is 1.77 bits per heavy atom. The molecule has 5 heteroatoms. The zero-order chi connectivity index (χ0) is 18.3. The highest BCUT2D eigenvalue weighted by atomic mass is 16.5. The topological polar surface area (TPSA) is 78.1 Å². The molecule has 1 atom stereocenters.